The van der Waals surface area contributed by atoms with Crippen molar-refractivity contribution in [2.75, 3.05) is 5.32 Å². The van der Waals surface area contributed by atoms with Crippen molar-refractivity contribution in [3.05, 3.63) is 11.5 Å². The normalized spacial score (nSPS) is 21.0. The Morgan fingerprint density at radius 3 is 3.29 bits per heavy atom. The molecule has 1 unspecified atom stereocenters. The lowest BCUT2D eigenvalue weighted by molar-refractivity contribution is -0.116. The molecule has 1 amide bonds. The van der Waals surface area contributed by atoms with Gasteiger partial charge in [0.25, 0.3) is 0 Å². The number of fused-ring (bicyclic) bond motifs is 1. The van der Waals surface area contributed by atoms with Gasteiger partial charge in [0.15, 0.2) is 0 Å². The summed E-state index contributed by atoms with van der Waals surface area (Å²) < 4.78 is 0. The number of nitrogens with one attached hydrogen (secondary N) is 1. The van der Waals surface area contributed by atoms with E-state index in [-0.39, 0.29) is 16.4 Å². The van der Waals surface area contributed by atoms with E-state index in [9.17, 15) is 4.79 Å². The maximum Gasteiger partial charge on any atom is 0.225 e. The Hall–Kier alpha value is -0.810. The van der Waals surface area contributed by atoms with Gasteiger partial charge in [0.05, 0.1) is 11.9 Å². The number of hydrogen-bond donors (Lipinski definition) is 1. The van der Waals surface area contributed by atoms with Gasteiger partial charge >= 0.3 is 0 Å². The van der Waals surface area contributed by atoms with Crippen molar-refractivity contribution < 1.29 is 4.79 Å². The minimum absolute atomic E-state index is 0.00493. The van der Waals surface area contributed by atoms with Gasteiger partial charge in [0.1, 0.15) is 5.03 Å². The number of halogens is 1. The van der Waals surface area contributed by atoms with Crippen molar-refractivity contribution in [3.63, 3.8) is 0 Å². The van der Waals surface area contributed by atoms with E-state index in [1.165, 1.54) is 18.0 Å². The van der Waals surface area contributed by atoms with E-state index < -0.39 is 0 Å². The number of carbonyl (C=O) groups excluding carboxylic acids is 1. The van der Waals surface area contributed by atoms with Gasteiger partial charge in [-0.2, -0.15) is 0 Å². The zero-order valence-electron chi connectivity index (χ0n) is 7.45. The number of anilines is 1. The third-order valence-corrected chi connectivity index (χ3v) is 3.07. The fourth-order valence-electron chi connectivity index (χ4n) is 1.22. The maximum absolute atomic E-state index is 11.3. The van der Waals surface area contributed by atoms with E-state index in [0.29, 0.717) is 12.1 Å². The predicted octanol–water partition coefficient (Wildman–Crippen LogP) is 1.95. The SMILES string of the molecule is CC1CC(=O)Nc2cnc(Cl)nc2S1. The lowest BCUT2D eigenvalue weighted by Crippen LogP contribution is -2.13. The molecule has 0 saturated carbocycles. The summed E-state index contributed by atoms with van der Waals surface area (Å²) >= 11 is 7.20. The first-order valence-corrected chi connectivity index (χ1v) is 5.40. The van der Waals surface area contributed by atoms with Crippen molar-refractivity contribution in [2.24, 2.45) is 0 Å². The van der Waals surface area contributed by atoms with Gasteiger partial charge in [-0.15, -0.1) is 11.8 Å². The molecule has 0 bridgehead atoms. The van der Waals surface area contributed by atoms with Crippen LogP contribution in [0.25, 0.3) is 0 Å². The molecule has 1 aliphatic rings. The minimum Gasteiger partial charge on any atom is -0.322 e. The molecule has 6 heteroatoms. The number of hydrogen-bond acceptors (Lipinski definition) is 4. The maximum atomic E-state index is 11.3. The first-order chi connectivity index (χ1) is 6.65. The van der Waals surface area contributed by atoms with Crippen LogP contribution < -0.4 is 5.32 Å². The third-order valence-electron chi connectivity index (χ3n) is 1.78. The quantitative estimate of drug-likeness (QED) is 0.546. The molecule has 74 valence electrons. The minimum atomic E-state index is -0.00493. The molecular formula is C8H8ClN3OS. The summed E-state index contributed by atoms with van der Waals surface area (Å²) in [5.41, 5.74) is 0.647. The van der Waals surface area contributed by atoms with Gasteiger partial charge in [0, 0.05) is 11.7 Å². The number of carbonyl (C=O) groups is 1. The summed E-state index contributed by atoms with van der Waals surface area (Å²) in [6, 6.07) is 0. The lowest BCUT2D eigenvalue weighted by Gasteiger charge is -2.04. The highest BCUT2D eigenvalue weighted by Gasteiger charge is 2.20. The van der Waals surface area contributed by atoms with Crippen molar-refractivity contribution in [2.45, 2.75) is 23.6 Å². The highest BCUT2D eigenvalue weighted by atomic mass is 35.5. The fourth-order valence-corrected chi connectivity index (χ4v) is 2.39. The Kier molecular flexibility index (Phi) is 2.60. The van der Waals surface area contributed by atoms with Crippen molar-refractivity contribution >= 4 is 35.0 Å². The Morgan fingerprint density at radius 1 is 1.71 bits per heavy atom. The topological polar surface area (TPSA) is 54.9 Å². The average Bonchev–Trinajstić information content (AvgIpc) is 2.21. The summed E-state index contributed by atoms with van der Waals surface area (Å²) in [5.74, 6) is -0.00493. The summed E-state index contributed by atoms with van der Waals surface area (Å²) in [6.45, 7) is 1.98. The van der Waals surface area contributed by atoms with E-state index >= 15 is 0 Å². The van der Waals surface area contributed by atoms with Crippen molar-refractivity contribution in [1.82, 2.24) is 9.97 Å². The van der Waals surface area contributed by atoms with Crippen LogP contribution >= 0.6 is 23.4 Å². The van der Waals surface area contributed by atoms with E-state index in [1.54, 1.807) is 0 Å². The van der Waals surface area contributed by atoms with Crippen LogP contribution in [0.5, 0.6) is 0 Å². The highest BCUT2D eigenvalue weighted by Crippen LogP contribution is 2.33. The van der Waals surface area contributed by atoms with Gasteiger partial charge in [-0.1, -0.05) is 6.92 Å². The van der Waals surface area contributed by atoms with Crippen LogP contribution in [-0.2, 0) is 4.79 Å². The number of nitrogens with zero attached hydrogens (tertiary/aromatic N) is 2. The van der Waals surface area contributed by atoms with Crippen LogP contribution in [0.2, 0.25) is 5.28 Å². The molecule has 1 aliphatic heterocycles. The first kappa shape index (κ1) is 9.73. The van der Waals surface area contributed by atoms with Gasteiger partial charge in [-0.25, -0.2) is 9.97 Å². The second-order valence-corrected chi connectivity index (χ2v) is 4.80. The molecule has 0 fully saturated rings. The molecule has 0 radical (unpaired) electrons. The van der Waals surface area contributed by atoms with Crippen LogP contribution in [0.4, 0.5) is 5.69 Å². The molecule has 4 nitrogen and oxygen atoms in total. The largest absolute Gasteiger partial charge is 0.322 e. The molecule has 0 spiro atoms. The molecule has 2 heterocycles. The van der Waals surface area contributed by atoms with Crippen molar-refractivity contribution in [3.8, 4) is 0 Å². The summed E-state index contributed by atoms with van der Waals surface area (Å²) in [4.78, 5) is 19.2. The molecule has 14 heavy (non-hydrogen) atoms. The Morgan fingerprint density at radius 2 is 2.50 bits per heavy atom. The second kappa shape index (κ2) is 3.74. The zero-order valence-corrected chi connectivity index (χ0v) is 9.02. The number of aromatic nitrogens is 2. The Balaban J connectivity index is 2.41. The van der Waals surface area contributed by atoms with E-state index in [2.05, 4.69) is 15.3 Å². The van der Waals surface area contributed by atoms with E-state index in [1.807, 2.05) is 6.92 Å². The number of rotatable bonds is 0. The molecule has 1 N–H and O–H groups in total. The Bertz CT molecular complexity index is 385. The number of thioether (sulfide) groups is 1. The van der Waals surface area contributed by atoms with Crippen LogP contribution in [0, 0.1) is 0 Å². The first-order valence-electron chi connectivity index (χ1n) is 4.14. The lowest BCUT2D eigenvalue weighted by atomic mass is 10.3. The molecule has 0 aliphatic carbocycles. The second-order valence-electron chi connectivity index (χ2n) is 3.04. The van der Waals surface area contributed by atoms with E-state index in [4.69, 9.17) is 11.6 Å². The standard InChI is InChI=1S/C8H8ClN3OS/c1-4-2-6(13)11-5-3-10-8(9)12-7(5)14-4/h3-4H,2H2,1H3,(H,11,13). The smallest absolute Gasteiger partial charge is 0.225 e. The highest BCUT2D eigenvalue weighted by molar-refractivity contribution is 8.00. The van der Waals surface area contributed by atoms with Gasteiger partial charge in [0.2, 0.25) is 11.2 Å². The molecule has 0 saturated heterocycles. The van der Waals surface area contributed by atoms with Crippen LogP contribution in [-0.4, -0.2) is 21.1 Å². The van der Waals surface area contributed by atoms with Crippen LogP contribution in [0.3, 0.4) is 0 Å². The van der Waals surface area contributed by atoms with E-state index in [0.717, 1.165) is 5.03 Å². The fraction of sp³-hybridized carbons (Fsp3) is 0.375. The summed E-state index contributed by atoms with van der Waals surface area (Å²) in [6.07, 6.45) is 2.02. The van der Waals surface area contributed by atoms with Crippen molar-refractivity contribution in [1.29, 1.82) is 0 Å². The summed E-state index contributed by atoms with van der Waals surface area (Å²) in [5, 5.41) is 3.89. The Labute approximate surface area is 90.5 Å². The third kappa shape index (κ3) is 1.99. The zero-order chi connectivity index (χ0) is 10.1. The van der Waals surface area contributed by atoms with Crippen LogP contribution in [0.1, 0.15) is 13.3 Å². The van der Waals surface area contributed by atoms with Gasteiger partial charge in [-0.3, -0.25) is 4.79 Å². The monoisotopic (exact) mass is 229 g/mol. The number of amides is 1. The predicted molar refractivity (Wildman–Crippen MR) is 55.6 cm³/mol. The molecule has 1 atom stereocenters. The summed E-state index contributed by atoms with van der Waals surface area (Å²) in [7, 11) is 0. The molecular weight excluding hydrogens is 222 g/mol. The molecule has 1 aromatic heterocycles. The molecule has 0 aromatic carbocycles. The van der Waals surface area contributed by atoms with Gasteiger partial charge in [-0.05, 0) is 11.6 Å². The van der Waals surface area contributed by atoms with Gasteiger partial charge < -0.3 is 5.32 Å². The molecule has 1 aromatic rings. The molecule has 2 rings (SSSR count). The average molecular weight is 230 g/mol. The van der Waals surface area contributed by atoms with Crippen LogP contribution in [0.15, 0.2) is 11.2 Å².